The number of alkyl halides is 3. The predicted octanol–water partition coefficient (Wildman–Crippen LogP) is 4.36. The summed E-state index contributed by atoms with van der Waals surface area (Å²) in [5.74, 6) is -1.03. The van der Waals surface area contributed by atoms with Crippen LogP contribution in [0.25, 0.3) is 11.1 Å². The maximum absolute atomic E-state index is 12.4. The van der Waals surface area contributed by atoms with Crippen LogP contribution >= 0.6 is 11.6 Å². The van der Waals surface area contributed by atoms with E-state index in [4.69, 9.17) is 16.3 Å². The third kappa shape index (κ3) is 5.86. The van der Waals surface area contributed by atoms with Gasteiger partial charge in [-0.2, -0.15) is 0 Å². The lowest BCUT2D eigenvalue weighted by atomic mass is 10.0. The van der Waals surface area contributed by atoms with Crippen molar-refractivity contribution < 1.29 is 32.5 Å². The van der Waals surface area contributed by atoms with Crippen LogP contribution in [0.2, 0.25) is 5.02 Å². The van der Waals surface area contributed by atoms with Crippen LogP contribution in [0.3, 0.4) is 0 Å². The zero-order valence-corrected chi connectivity index (χ0v) is 18.2. The average Bonchev–Trinajstić information content (AvgIpc) is 2.75. The second-order valence-corrected chi connectivity index (χ2v) is 7.76. The number of benzene rings is 2. The molecule has 0 radical (unpaired) electrons. The van der Waals surface area contributed by atoms with E-state index in [1.807, 2.05) is 0 Å². The summed E-state index contributed by atoms with van der Waals surface area (Å²) in [6, 6.07) is 8.58. The molecule has 2 aromatic carbocycles. The third-order valence-electron chi connectivity index (χ3n) is 4.88. The van der Waals surface area contributed by atoms with Crippen molar-refractivity contribution in [2.45, 2.75) is 19.0 Å². The van der Waals surface area contributed by atoms with Gasteiger partial charge in [0.15, 0.2) is 0 Å². The van der Waals surface area contributed by atoms with Crippen molar-refractivity contribution in [2.75, 3.05) is 18.4 Å². The molecule has 1 aromatic heterocycles. The van der Waals surface area contributed by atoms with Gasteiger partial charge in [-0.3, -0.25) is 0 Å². The van der Waals surface area contributed by atoms with Crippen LogP contribution in [0.5, 0.6) is 11.5 Å². The standard InChI is InChI=1S/C22H18ClF3N4O4/c23-19-17(20(31)32)5-13(6-18(19)33-16-10-27-11-16)14-8-29-21(30-9-14)28-7-12-2-1-3-15(4-12)34-22(24,25)26/h1-6,8-9,16,27H,7,10-11H2,(H,31,32)(H,28,29,30). The summed E-state index contributed by atoms with van der Waals surface area (Å²) >= 11 is 6.22. The molecule has 178 valence electrons. The maximum Gasteiger partial charge on any atom is 0.573 e. The van der Waals surface area contributed by atoms with Crippen molar-refractivity contribution >= 4 is 23.5 Å². The van der Waals surface area contributed by atoms with Gasteiger partial charge in [-0.05, 0) is 35.4 Å². The van der Waals surface area contributed by atoms with Gasteiger partial charge in [0, 0.05) is 37.6 Å². The van der Waals surface area contributed by atoms with Crippen molar-refractivity contribution in [1.82, 2.24) is 15.3 Å². The number of nitrogens with one attached hydrogen (secondary N) is 2. The number of aromatic nitrogens is 2. The van der Waals surface area contributed by atoms with Gasteiger partial charge in [0.25, 0.3) is 0 Å². The first-order chi connectivity index (χ1) is 16.2. The molecule has 0 bridgehead atoms. The number of hydrogen-bond acceptors (Lipinski definition) is 7. The van der Waals surface area contributed by atoms with E-state index in [-0.39, 0.29) is 40.7 Å². The van der Waals surface area contributed by atoms with E-state index < -0.39 is 12.3 Å². The first kappa shape index (κ1) is 23.6. The number of anilines is 1. The number of carboxylic acids is 1. The van der Waals surface area contributed by atoms with Crippen LogP contribution in [0.4, 0.5) is 19.1 Å². The molecule has 0 unspecified atom stereocenters. The zero-order valence-electron chi connectivity index (χ0n) is 17.4. The highest BCUT2D eigenvalue weighted by atomic mass is 35.5. The quantitative estimate of drug-likeness (QED) is 0.424. The minimum absolute atomic E-state index is 0.0130. The molecule has 0 saturated carbocycles. The fourth-order valence-corrected chi connectivity index (χ4v) is 3.37. The lowest BCUT2D eigenvalue weighted by Crippen LogP contribution is -2.50. The Hall–Kier alpha value is -3.57. The van der Waals surface area contributed by atoms with Gasteiger partial charge in [-0.1, -0.05) is 23.7 Å². The van der Waals surface area contributed by atoms with E-state index in [2.05, 4.69) is 25.3 Å². The number of carbonyl (C=O) groups is 1. The molecule has 1 aliphatic heterocycles. The Morgan fingerprint density at radius 1 is 1.18 bits per heavy atom. The van der Waals surface area contributed by atoms with Crippen molar-refractivity contribution in [3.8, 4) is 22.6 Å². The first-order valence-corrected chi connectivity index (χ1v) is 10.4. The van der Waals surface area contributed by atoms with E-state index in [1.165, 1.54) is 36.7 Å². The van der Waals surface area contributed by atoms with E-state index in [0.29, 0.717) is 29.8 Å². The second kappa shape index (κ2) is 9.74. The lowest BCUT2D eigenvalue weighted by Gasteiger charge is -2.28. The van der Waals surface area contributed by atoms with Crippen LogP contribution in [0, 0.1) is 0 Å². The highest BCUT2D eigenvalue weighted by molar-refractivity contribution is 6.35. The molecule has 0 atom stereocenters. The van der Waals surface area contributed by atoms with Crippen LogP contribution in [0.1, 0.15) is 15.9 Å². The fourth-order valence-electron chi connectivity index (χ4n) is 3.13. The van der Waals surface area contributed by atoms with Gasteiger partial charge in [0.2, 0.25) is 5.95 Å². The lowest BCUT2D eigenvalue weighted by molar-refractivity contribution is -0.274. The molecule has 4 rings (SSSR count). The molecule has 0 aliphatic carbocycles. The van der Waals surface area contributed by atoms with Crippen LogP contribution in [-0.2, 0) is 6.54 Å². The number of ether oxygens (including phenoxy) is 2. The number of hydrogen-bond donors (Lipinski definition) is 3. The molecule has 2 heterocycles. The molecule has 3 aromatic rings. The maximum atomic E-state index is 12.4. The summed E-state index contributed by atoms with van der Waals surface area (Å²) in [6.45, 7) is 1.43. The first-order valence-electron chi connectivity index (χ1n) is 10.0. The number of carboxylic acid groups (broad SMARTS) is 1. The monoisotopic (exact) mass is 494 g/mol. The number of aromatic carboxylic acids is 1. The highest BCUT2D eigenvalue weighted by Gasteiger charge is 2.31. The molecule has 1 saturated heterocycles. The van der Waals surface area contributed by atoms with Crippen LogP contribution in [0.15, 0.2) is 48.8 Å². The largest absolute Gasteiger partial charge is 0.573 e. The minimum Gasteiger partial charge on any atom is -0.486 e. The average molecular weight is 495 g/mol. The molecule has 0 amide bonds. The Morgan fingerprint density at radius 2 is 1.91 bits per heavy atom. The van der Waals surface area contributed by atoms with Gasteiger partial charge in [0.05, 0.1) is 10.6 Å². The van der Waals surface area contributed by atoms with E-state index in [9.17, 15) is 23.1 Å². The zero-order chi connectivity index (χ0) is 24.3. The normalized spacial score (nSPS) is 13.8. The predicted molar refractivity (Wildman–Crippen MR) is 117 cm³/mol. The third-order valence-corrected chi connectivity index (χ3v) is 5.26. The molecule has 1 aliphatic rings. The Bertz CT molecular complexity index is 1190. The van der Waals surface area contributed by atoms with Crippen LogP contribution in [-0.4, -0.2) is 46.6 Å². The van der Waals surface area contributed by atoms with Gasteiger partial charge in [-0.25, -0.2) is 14.8 Å². The summed E-state index contributed by atoms with van der Waals surface area (Å²) in [7, 11) is 0. The molecule has 34 heavy (non-hydrogen) atoms. The summed E-state index contributed by atoms with van der Waals surface area (Å²) in [5.41, 5.74) is 1.46. The summed E-state index contributed by atoms with van der Waals surface area (Å²) in [5, 5.41) is 15.5. The molecular formula is C22H18ClF3N4O4. The van der Waals surface area contributed by atoms with E-state index in [1.54, 1.807) is 12.1 Å². The van der Waals surface area contributed by atoms with Gasteiger partial charge < -0.3 is 25.2 Å². The van der Waals surface area contributed by atoms with Crippen molar-refractivity contribution in [3.05, 3.63) is 64.9 Å². The van der Waals surface area contributed by atoms with Gasteiger partial charge >= 0.3 is 12.3 Å². The van der Waals surface area contributed by atoms with E-state index in [0.717, 1.165) is 0 Å². The van der Waals surface area contributed by atoms with E-state index >= 15 is 0 Å². The minimum atomic E-state index is -4.77. The van der Waals surface area contributed by atoms with Crippen molar-refractivity contribution in [3.63, 3.8) is 0 Å². The molecule has 0 spiro atoms. The topological polar surface area (TPSA) is 106 Å². The Kier molecular flexibility index (Phi) is 6.75. The molecule has 3 N–H and O–H groups in total. The summed E-state index contributed by atoms with van der Waals surface area (Å²) in [6.07, 6.45) is -1.89. The summed E-state index contributed by atoms with van der Waals surface area (Å²) in [4.78, 5) is 20.0. The smallest absolute Gasteiger partial charge is 0.486 e. The van der Waals surface area contributed by atoms with Crippen molar-refractivity contribution in [2.24, 2.45) is 0 Å². The molecule has 12 heteroatoms. The molecule has 1 fully saturated rings. The SMILES string of the molecule is O=C(O)c1cc(-c2cnc(NCc3cccc(OC(F)(F)F)c3)nc2)cc(OC2CNC2)c1Cl. The van der Waals surface area contributed by atoms with Gasteiger partial charge in [0.1, 0.15) is 17.6 Å². The van der Waals surface area contributed by atoms with Crippen molar-refractivity contribution in [1.29, 1.82) is 0 Å². The number of halogens is 4. The molecule has 8 nitrogen and oxygen atoms in total. The Balaban J connectivity index is 1.48. The Morgan fingerprint density at radius 3 is 2.53 bits per heavy atom. The van der Waals surface area contributed by atoms with Gasteiger partial charge in [-0.15, -0.1) is 13.2 Å². The number of nitrogens with zero attached hydrogens (tertiary/aromatic N) is 2. The molecular weight excluding hydrogens is 477 g/mol. The summed E-state index contributed by atoms with van der Waals surface area (Å²) < 4.78 is 46.9. The Labute approximate surface area is 196 Å². The fraction of sp³-hybridized carbons (Fsp3) is 0.227. The highest BCUT2D eigenvalue weighted by Crippen LogP contribution is 2.35. The van der Waals surface area contributed by atoms with Crippen LogP contribution < -0.4 is 20.1 Å². The number of rotatable bonds is 8. The second-order valence-electron chi connectivity index (χ2n) is 7.38.